The van der Waals surface area contributed by atoms with Crippen molar-refractivity contribution in [2.45, 2.75) is 19.1 Å². The summed E-state index contributed by atoms with van der Waals surface area (Å²) < 4.78 is 42.7. The maximum Gasteiger partial charge on any atom is 0.416 e. The van der Waals surface area contributed by atoms with Gasteiger partial charge in [-0.3, -0.25) is 4.79 Å². The molecule has 0 aliphatic carbocycles. The average molecular weight is 276 g/mol. The van der Waals surface area contributed by atoms with Crippen molar-refractivity contribution < 1.29 is 22.7 Å². The third-order valence-electron chi connectivity index (χ3n) is 2.37. The lowest BCUT2D eigenvalue weighted by Gasteiger charge is -2.12. The van der Waals surface area contributed by atoms with Crippen LogP contribution in [0.15, 0.2) is 18.2 Å². The second kappa shape index (κ2) is 6.53. The predicted octanol–water partition coefficient (Wildman–Crippen LogP) is 2.14. The van der Waals surface area contributed by atoms with Gasteiger partial charge in [-0.05, 0) is 23.8 Å². The standard InChI is InChI=1S/C12H15F3N2O2/c1-19-3-2-11(18)17-10-5-8(7-16)4-9(6-10)12(13,14)15/h4-6H,2-3,7,16H2,1H3,(H,17,18). The third-order valence-corrected chi connectivity index (χ3v) is 2.37. The summed E-state index contributed by atoms with van der Waals surface area (Å²) in [5.74, 6) is -0.413. The van der Waals surface area contributed by atoms with Crippen LogP contribution in [0.4, 0.5) is 18.9 Å². The molecular formula is C12H15F3N2O2. The van der Waals surface area contributed by atoms with Crippen LogP contribution < -0.4 is 11.1 Å². The highest BCUT2D eigenvalue weighted by Crippen LogP contribution is 2.32. The minimum absolute atomic E-state index is 0.0368. The Bertz CT molecular complexity index is 447. The van der Waals surface area contributed by atoms with Crippen LogP contribution in [0.1, 0.15) is 17.5 Å². The monoisotopic (exact) mass is 276 g/mol. The fourth-order valence-electron chi connectivity index (χ4n) is 1.46. The van der Waals surface area contributed by atoms with Crippen molar-refractivity contribution in [3.8, 4) is 0 Å². The number of hydrogen-bond acceptors (Lipinski definition) is 3. The molecule has 1 aromatic rings. The molecule has 0 aliphatic heterocycles. The Morgan fingerprint density at radius 3 is 2.58 bits per heavy atom. The first-order valence-electron chi connectivity index (χ1n) is 5.57. The Hall–Kier alpha value is -1.60. The van der Waals surface area contributed by atoms with Crippen LogP contribution >= 0.6 is 0 Å². The first-order chi connectivity index (χ1) is 8.86. The number of nitrogens with one attached hydrogen (secondary N) is 1. The first-order valence-corrected chi connectivity index (χ1v) is 5.57. The van der Waals surface area contributed by atoms with Gasteiger partial charge in [-0.2, -0.15) is 13.2 Å². The molecule has 0 bridgehead atoms. The molecule has 7 heteroatoms. The van der Waals surface area contributed by atoms with Gasteiger partial charge in [-0.15, -0.1) is 0 Å². The normalized spacial score (nSPS) is 11.4. The maximum atomic E-state index is 12.7. The third kappa shape index (κ3) is 4.88. The molecule has 0 aliphatic rings. The zero-order valence-corrected chi connectivity index (χ0v) is 10.4. The van der Waals surface area contributed by atoms with Crippen molar-refractivity contribution in [3.05, 3.63) is 29.3 Å². The predicted molar refractivity (Wildman–Crippen MR) is 64.5 cm³/mol. The van der Waals surface area contributed by atoms with Crippen LogP contribution in [-0.2, 0) is 22.3 Å². The van der Waals surface area contributed by atoms with Gasteiger partial charge in [0.15, 0.2) is 0 Å². The second-order valence-electron chi connectivity index (χ2n) is 3.91. The van der Waals surface area contributed by atoms with E-state index in [9.17, 15) is 18.0 Å². The summed E-state index contributed by atoms with van der Waals surface area (Å²) in [6.45, 7) is 0.166. The number of halogens is 3. The van der Waals surface area contributed by atoms with Crippen LogP contribution in [0.3, 0.4) is 0 Å². The molecule has 106 valence electrons. The van der Waals surface area contributed by atoms with Gasteiger partial charge in [0.05, 0.1) is 18.6 Å². The highest BCUT2D eigenvalue weighted by Gasteiger charge is 2.31. The average Bonchev–Trinajstić information content (AvgIpc) is 2.34. The Morgan fingerprint density at radius 1 is 1.37 bits per heavy atom. The number of nitrogens with two attached hydrogens (primary N) is 1. The molecule has 19 heavy (non-hydrogen) atoms. The molecular weight excluding hydrogens is 261 g/mol. The van der Waals surface area contributed by atoms with Crippen LogP contribution in [0.5, 0.6) is 0 Å². The molecule has 4 nitrogen and oxygen atoms in total. The molecule has 0 spiro atoms. The summed E-state index contributed by atoms with van der Waals surface area (Å²) in [7, 11) is 1.43. The van der Waals surface area contributed by atoms with Crippen LogP contribution in [0, 0.1) is 0 Å². The van der Waals surface area contributed by atoms with Gasteiger partial charge in [-0.1, -0.05) is 0 Å². The van der Waals surface area contributed by atoms with E-state index in [-0.39, 0.29) is 25.3 Å². The lowest BCUT2D eigenvalue weighted by Crippen LogP contribution is -2.15. The van der Waals surface area contributed by atoms with E-state index >= 15 is 0 Å². The molecule has 0 atom stereocenters. The fraction of sp³-hybridized carbons (Fsp3) is 0.417. The van der Waals surface area contributed by atoms with Crippen LogP contribution in [0.25, 0.3) is 0 Å². The number of hydrogen-bond donors (Lipinski definition) is 2. The molecule has 0 radical (unpaired) electrons. The molecule has 0 unspecified atom stereocenters. The van der Waals surface area contributed by atoms with Crippen molar-refractivity contribution in [1.29, 1.82) is 0 Å². The summed E-state index contributed by atoms with van der Waals surface area (Å²) in [5, 5.41) is 2.39. The van der Waals surface area contributed by atoms with Crippen molar-refractivity contribution in [3.63, 3.8) is 0 Å². The summed E-state index contributed by atoms with van der Waals surface area (Å²) in [6, 6.07) is 3.26. The molecule has 0 heterocycles. The number of methoxy groups -OCH3 is 1. The minimum atomic E-state index is -4.48. The van der Waals surface area contributed by atoms with Gasteiger partial charge in [-0.25, -0.2) is 0 Å². The number of amides is 1. The Morgan fingerprint density at radius 2 is 2.05 bits per heavy atom. The van der Waals surface area contributed by atoms with Gasteiger partial charge in [0.25, 0.3) is 0 Å². The number of carbonyl (C=O) groups excluding carboxylic acids is 1. The molecule has 1 rings (SSSR count). The van der Waals surface area contributed by atoms with E-state index in [2.05, 4.69) is 5.32 Å². The Balaban J connectivity index is 2.91. The largest absolute Gasteiger partial charge is 0.416 e. The second-order valence-corrected chi connectivity index (χ2v) is 3.91. The number of benzene rings is 1. The highest BCUT2D eigenvalue weighted by atomic mass is 19.4. The van der Waals surface area contributed by atoms with Crippen molar-refractivity contribution in [2.24, 2.45) is 5.73 Å². The molecule has 0 saturated carbocycles. The minimum Gasteiger partial charge on any atom is -0.384 e. The fourth-order valence-corrected chi connectivity index (χ4v) is 1.46. The van der Waals surface area contributed by atoms with Gasteiger partial charge >= 0.3 is 6.18 Å². The Labute approximate surface area is 108 Å². The van der Waals surface area contributed by atoms with E-state index in [1.165, 1.54) is 13.2 Å². The van der Waals surface area contributed by atoms with Crippen molar-refractivity contribution >= 4 is 11.6 Å². The van der Waals surface area contributed by atoms with Crippen LogP contribution in [0.2, 0.25) is 0 Å². The van der Waals surface area contributed by atoms with Gasteiger partial charge in [0.1, 0.15) is 0 Å². The zero-order chi connectivity index (χ0) is 14.5. The van der Waals surface area contributed by atoms with E-state index in [1.54, 1.807) is 0 Å². The molecule has 3 N–H and O–H groups in total. The lowest BCUT2D eigenvalue weighted by atomic mass is 10.1. The van der Waals surface area contributed by atoms with E-state index in [0.717, 1.165) is 12.1 Å². The maximum absolute atomic E-state index is 12.7. The SMILES string of the molecule is COCCC(=O)Nc1cc(CN)cc(C(F)(F)F)c1. The molecule has 0 aromatic heterocycles. The summed E-state index contributed by atoms with van der Waals surface area (Å²) in [6.07, 6.45) is -4.40. The number of ether oxygens (including phenoxy) is 1. The smallest absolute Gasteiger partial charge is 0.384 e. The van der Waals surface area contributed by atoms with Gasteiger partial charge in [0, 0.05) is 19.3 Å². The van der Waals surface area contributed by atoms with Gasteiger partial charge < -0.3 is 15.8 Å². The molecule has 1 amide bonds. The number of anilines is 1. The molecule has 1 aromatic carbocycles. The van der Waals surface area contributed by atoms with E-state index in [0.29, 0.717) is 5.56 Å². The molecule has 0 saturated heterocycles. The number of carbonyl (C=O) groups is 1. The molecule has 0 fully saturated rings. The van der Waals surface area contributed by atoms with Gasteiger partial charge in [0.2, 0.25) is 5.91 Å². The van der Waals surface area contributed by atoms with E-state index in [1.807, 2.05) is 0 Å². The zero-order valence-electron chi connectivity index (χ0n) is 10.4. The van der Waals surface area contributed by atoms with E-state index in [4.69, 9.17) is 10.5 Å². The first kappa shape index (κ1) is 15.5. The summed E-state index contributed by atoms with van der Waals surface area (Å²) >= 11 is 0. The quantitative estimate of drug-likeness (QED) is 0.866. The highest BCUT2D eigenvalue weighted by molar-refractivity contribution is 5.91. The lowest BCUT2D eigenvalue weighted by molar-refractivity contribution is -0.137. The van der Waals surface area contributed by atoms with Crippen molar-refractivity contribution in [2.75, 3.05) is 19.0 Å². The topological polar surface area (TPSA) is 64.3 Å². The Kier molecular flexibility index (Phi) is 5.31. The number of alkyl halides is 3. The summed E-state index contributed by atoms with van der Waals surface area (Å²) in [4.78, 5) is 11.4. The van der Waals surface area contributed by atoms with E-state index < -0.39 is 17.6 Å². The van der Waals surface area contributed by atoms with Crippen LogP contribution in [-0.4, -0.2) is 19.6 Å². The van der Waals surface area contributed by atoms with Crippen molar-refractivity contribution in [1.82, 2.24) is 0 Å². The number of rotatable bonds is 5. The summed E-state index contributed by atoms with van der Waals surface area (Å²) in [5.41, 5.74) is 4.89.